The summed E-state index contributed by atoms with van der Waals surface area (Å²) in [7, 11) is 1.45. The standard InChI is InChI=1S/C20H18ClN3O5/c1-28-18-15-11-24(22-16(15)6-7-17(18)29-20(26)27)10-12-8-23(9-12)19(25)13-2-4-14(21)5-3-13/h2-7,11-12H,8-10H2,1H3,(H,26,27). The highest BCUT2D eigenvalue weighted by Crippen LogP contribution is 2.35. The van der Waals surface area contributed by atoms with Crippen LogP contribution in [0.3, 0.4) is 0 Å². The number of methoxy groups -OCH3 is 1. The predicted molar refractivity (Wildman–Crippen MR) is 106 cm³/mol. The Morgan fingerprint density at radius 2 is 1.93 bits per heavy atom. The second kappa shape index (κ2) is 7.63. The molecule has 0 atom stereocenters. The van der Waals surface area contributed by atoms with Crippen LogP contribution in [0.15, 0.2) is 42.6 Å². The number of aromatic nitrogens is 2. The Labute approximate surface area is 171 Å². The van der Waals surface area contributed by atoms with Crippen molar-refractivity contribution in [3.05, 3.63) is 53.2 Å². The van der Waals surface area contributed by atoms with E-state index in [9.17, 15) is 9.59 Å². The Balaban J connectivity index is 1.43. The molecule has 1 aliphatic rings. The summed E-state index contributed by atoms with van der Waals surface area (Å²) >= 11 is 5.87. The van der Waals surface area contributed by atoms with Crippen LogP contribution in [0.5, 0.6) is 11.5 Å². The van der Waals surface area contributed by atoms with E-state index in [2.05, 4.69) is 5.10 Å². The first-order valence-corrected chi connectivity index (χ1v) is 9.32. The minimum Gasteiger partial charge on any atom is -0.492 e. The molecule has 1 saturated heterocycles. The van der Waals surface area contributed by atoms with Crippen molar-refractivity contribution in [2.45, 2.75) is 6.54 Å². The molecule has 150 valence electrons. The molecule has 2 heterocycles. The Bertz CT molecular complexity index is 1070. The second-order valence-electron chi connectivity index (χ2n) is 6.83. The van der Waals surface area contributed by atoms with Gasteiger partial charge in [-0.3, -0.25) is 9.48 Å². The molecule has 1 aromatic heterocycles. The zero-order chi connectivity index (χ0) is 20.5. The fourth-order valence-electron chi connectivity index (χ4n) is 3.47. The quantitative estimate of drug-likeness (QED) is 0.506. The number of hydrogen-bond donors (Lipinski definition) is 1. The lowest BCUT2D eigenvalue weighted by Gasteiger charge is -2.39. The molecule has 1 amide bonds. The molecule has 0 bridgehead atoms. The molecule has 29 heavy (non-hydrogen) atoms. The van der Waals surface area contributed by atoms with Gasteiger partial charge in [0.1, 0.15) is 0 Å². The van der Waals surface area contributed by atoms with Gasteiger partial charge in [-0.2, -0.15) is 5.10 Å². The number of carbonyl (C=O) groups is 2. The lowest BCUT2D eigenvalue weighted by molar-refractivity contribution is 0.0462. The van der Waals surface area contributed by atoms with Gasteiger partial charge in [0.15, 0.2) is 11.5 Å². The first kappa shape index (κ1) is 19.1. The van der Waals surface area contributed by atoms with Gasteiger partial charge in [0.2, 0.25) is 0 Å². The molecule has 4 rings (SSSR count). The normalized spacial score (nSPS) is 13.9. The van der Waals surface area contributed by atoms with E-state index in [1.165, 1.54) is 13.2 Å². The molecule has 1 fully saturated rings. The summed E-state index contributed by atoms with van der Waals surface area (Å²) in [4.78, 5) is 25.1. The van der Waals surface area contributed by atoms with Crippen molar-refractivity contribution in [3.63, 3.8) is 0 Å². The van der Waals surface area contributed by atoms with Crippen molar-refractivity contribution < 1.29 is 24.2 Å². The zero-order valence-electron chi connectivity index (χ0n) is 15.5. The first-order chi connectivity index (χ1) is 13.9. The molecule has 0 unspecified atom stereocenters. The summed E-state index contributed by atoms with van der Waals surface area (Å²) in [6, 6.07) is 10.1. The van der Waals surface area contributed by atoms with Crippen LogP contribution in [0.2, 0.25) is 5.02 Å². The highest BCUT2D eigenvalue weighted by molar-refractivity contribution is 6.30. The summed E-state index contributed by atoms with van der Waals surface area (Å²) in [5.41, 5.74) is 1.29. The minimum atomic E-state index is -1.41. The number of ether oxygens (including phenoxy) is 2. The van der Waals surface area contributed by atoms with E-state index in [1.54, 1.807) is 46.1 Å². The molecule has 8 nitrogen and oxygen atoms in total. The molecule has 2 aromatic carbocycles. The van der Waals surface area contributed by atoms with Crippen LogP contribution in [0.1, 0.15) is 10.4 Å². The van der Waals surface area contributed by atoms with Gasteiger partial charge in [-0.25, -0.2) is 4.79 Å². The van der Waals surface area contributed by atoms with Gasteiger partial charge in [-0.1, -0.05) is 11.6 Å². The SMILES string of the molecule is COc1c(OC(=O)O)ccc2nn(CC3CN(C(=O)c4ccc(Cl)cc4)C3)cc12. The highest BCUT2D eigenvalue weighted by atomic mass is 35.5. The average Bonchev–Trinajstić information content (AvgIpc) is 3.06. The Kier molecular flexibility index (Phi) is 5.02. The first-order valence-electron chi connectivity index (χ1n) is 8.94. The number of hydrogen-bond acceptors (Lipinski definition) is 5. The van der Waals surface area contributed by atoms with E-state index in [-0.39, 0.29) is 17.6 Å². The summed E-state index contributed by atoms with van der Waals surface area (Å²) in [6.45, 7) is 1.92. The van der Waals surface area contributed by atoms with Crippen LogP contribution in [0, 0.1) is 5.92 Å². The molecule has 0 radical (unpaired) electrons. The molecule has 1 aliphatic heterocycles. The summed E-state index contributed by atoms with van der Waals surface area (Å²) < 4.78 is 11.9. The third kappa shape index (κ3) is 3.84. The van der Waals surface area contributed by atoms with Gasteiger partial charge < -0.3 is 19.5 Å². The number of fused-ring (bicyclic) bond motifs is 1. The fourth-order valence-corrected chi connectivity index (χ4v) is 3.59. The molecule has 1 N–H and O–H groups in total. The Hall–Kier alpha value is -3.26. The number of nitrogens with zero attached hydrogens (tertiary/aromatic N) is 3. The summed E-state index contributed by atoms with van der Waals surface area (Å²) in [6.07, 6.45) is 0.391. The van der Waals surface area contributed by atoms with Crippen LogP contribution in [0.25, 0.3) is 10.9 Å². The van der Waals surface area contributed by atoms with Crippen LogP contribution >= 0.6 is 11.6 Å². The van der Waals surface area contributed by atoms with Gasteiger partial charge in [-0.15, -0.1) is 0 Å². The van der Waals surface area contributed by atoms with E-state index in [0.29, 0.717) is 46.9 Å². The fraction of sp³-hybridized carbons (Fsp3) is 0.250. The molecule has 0 aliphatic carbocycles. The molecular weight excluding hydrogens is 398 g/mol. The molecule has 3 aromatic rings. The number of carbonyl (C=O) groups excluding carboxylic acids is 1. The van der Waals surface area contributed by atoms with Gasteiger partial charge >= 0.3 is 6.16 Å². The van der Waals surface area contributed by atoms with Crippen molar-refractivity contribution in [2.24, 2.45) is 5.92 Å². The van der Waals surface area contributed by atoms with E-state index in [1.807, 2.05) is 0 Å². The van der Waals surface area contributed by atoms with Crippen LogP contribution in [-0.2, 0) is 6.54 Å². The number of rotatable bonds is 5. The maximum Gasteiger partial charge on any atom is 0.511 e. The van der Waals surface area contributed by atoms with Gasteiger partial charge in [0.25, 0.3) is 5.91 Å². The molecule has 0 spiro atoms. The van der Waals surface area contributed by atoms with Gasteiger partial charge in [0, 0.05) is 42.3 Å². The maximum atomic E-state index is 12.5. The van der Waals surface area contributed by atoms with Crippen molar-refractivity contribution in [3.8, 4) is 11.5 Å². The average molecular weight is 416 g/mol. The smallest absolute Gasteiger partial charge is 0.492 e. The van der Waals surface area contributed by atoms with Crippen molar-refractivity contribution in [1.82, 2.24) is 14.7 Å². The van der Waals surface area contributed by atoms with E-state index < -0.39 is 6.16 Å². The van der Waals surface area contributed by atoms with E-state index in [0.717, 1.165) is 0 Å². The van der Waals surface area contributed by atoms with Crippen LogP contribution < -0.4 is 9.47 Å². The van der Waals surface area contributed by atoms with E-state index in [4.69, 9.17) is 26.2 Å². The molecule has 9 heteroatoms. The number of likely N-dealkylation sites (tertiary alicyclic amines) is 1. The largest absolute Gasteiger partial charge is 0.511 e. The number of benzene rings is 2. The van der Waals surface area contributed by atoms with E-state index >= 15 is 0 Å². The number of halogens is 1. The van der Waals surface area contributed by atoms with Crippen molar-refractivity contribution >= 4 is 34.6 Å². The maximum absolute atomic E-state index is 12.5. The third-order valence-electron chi connectivity index (χ3n) is 4.83. The molecule has 0 saturated carbocycles. The lowest BCUT2D eigenvalue weighted by Crippen LogP contribution is -2.51. The zero-order valence-corrected chi connectivity index (χ0v) is 16.3. The number of amides is 1. The third-order valence-corrected chi connectivity index (χ3v) is 5.09. The summed E-state index contributed by atoms with van der Waals surface area (Å²) in [5, 5.41) is 14.6. The number of carboxylic acid groups (broad SMARTS) is 1. The predicted octanol–water partition coefficient (Wildman–Crippen LogP) is 3.53. The monoisotopic (exact) mass is 415 g/mol. The van der Waals surface area contributed by atoms with Gasteiger partial charge in [-0.05, 0) is 36.4 Å². The van der Waals surface area contributed by atoms with Crippen molar-refractivity contribution in [1.29, 1.82) is 0 Å². The second-order valence-corrected chi connectivity index (χ2v) is 7.27. The van der Waals surface area contributed by atoms with Crippen LogP contribution in [0.4, 0.5) is 4.79 Å². The minimum absolute atomic E-state index is 0.0133. The van der Waals surface area contributed by atoms with Gasteiger partial charge in [0.05, 0.1) is 18.0 Å². The Morgan fingerprint density at radius 3 is 2.59 bits per heavy atom. The topological polar surface area (TPSA) is 93.9 Å². The lowest BCUT2D eigenvalue weighted by atomic mass is 9.99. The van der Waals surface area contributed by atoms with Crippen molar-refractivity contribution in [2.75, 3.05) is 20.2 Å². The highest BCUT2D eigenvalue weighted by Gasteiger charge is 2.31. The Morgan fingerprint density at radius 1 is 1.21 bits per heavy atom. The van der Waals surface area contributed by atoms with Crippen LogP contribution in [-0.4, -0.2) is 52.0 Å². The summed E-state index contributed by atoms with van der Waals surface area (Å²) in [5.74, 6) is 0.710. The molecular formula is C20H18ClN3O5.